The minimum absolute atomic E-state index is 0.399. The molecule has 0 amide bonds. The summed E-state index contributed by atoms with van der Waals surface area (Å²) in [5, 5.41) is 5.14. The second-order valence-corrected chi connectivity index (χ2v) is 6.25. The second kappa shape index (κ2) is 6.33. The van der Waals surface area contributed by atoms with E-state index in [4.69, 9.17) is 23.2 Å². The van der Waals surface area contributed by atoms with Gasteiger partial charge in [-0.2, -0.15) is 11.8 Å². The number of thioether (sulfide) groups is 1. The Morgan fingerprint density at radius 3 is 3.00 bits per heavy atom. The first kappa shape index (κ1) is 13.5. The molecule has 1 heterocycles. The van der Waals surface area contributed by atoms with Crippen LogP contribution in [0.1, 0.15) is 36.9 Å². The lowest BCUT2D eigenvalue weighted by Gasteiger charge is -2.19. The third-order valence-electron chi connectivity index (χ3n) is 3.01. The normalized spacial score (nSPS) is 19.8. The van der Waals surface area contributed by atoms with E-state index in [1.807, 2.05) is 17.8 Å². The molecule has 1 atom stereocenters. The number of halogens is 2. The van der Waals surface area contributed by atoms with E-state index in [0.717, 1.165) is 35.2 Å². The van der Waals surface area contributed by atoms with E-state index in [1.165, 1.54) is 16.9 Å². The van der Waals surface area contributed by atoms with Gasteiger partial charge in [0.05, 0.1) is 0 Å². The van der Waals surface area contributed by atoms with Crippen molar-refractivity contribution < 1.29 is 0 Å². The van der Waals surface area contributed by atoms with Crippen LogP contribution in [0.25, 0.3) is 0 Å². The van der Waals surface area contributed by atoms with E-state index in [1.54, 1.807) is 0 Å². The van der Waals surface area contributed by atoms with Crippen LogP contribution >= 0.6 is 35.0 Å². The van der Waals surface area contributed by atoms with E-state index >= 15 is 0 Å². The lowest BCUT2D eigenvalue weighted by Crippen LogP contribution is -2.23. The molecule has 1 unspecified atom stereocenters. The van der Waals surface area contributed by atoms with Crippen molar-refractivity contribution in [2.75, 3.05) is 12.3 Å². The van der Waals surface area contributed by atoms with Gasteiger partial charge in [-0.3, -0.25) is 0 Å². The van der Waals surface area contributed by atoms with Gasteiger partial charge in [0.2, 0.25) is 0 Å². The van der Waals surface area contributed by atoms with Gasteiger partial charge in [-0.05, 0) is 48.4 Å². The number of fused-ring (bicyclic) bond motifs is 1. The van der Waals surface area contributed by atoms with Crippen LogP contribution in [-0.4, -0.2) is 12.3 Å². The van der Waals surface area contributed by atoms with Crippen molar-refractivity contribution in [1.82, 2.24) is 5.32 Å². The molecule has 0 fully saturated rings. The number of benzene rings is 1. The smallest absolute Gasteiger partial charge is 0.0464 e. The van der Waals surface area contributed by atoms with Crippen molar-refractivity contribution in [2.24, 2.45) is 0 Å². The molecule has 2 rings (SSSR count). The van der Waals surface area contributed by atoms with Crippen LogP contribution in [0.3, 0.4) is 0 Å². The lowest BCUT2D eigenvalue weighted by molar-refractivity contribution is 0.521. The predicted octanol–water partition coefficient (Wildman–Crippen LogP) is 4.67. The third-order valence-corrected chi connectivity index (χ3v) is 4.58. The molecule has 1 aliphatic rings. The Morgan fingerprint density at radius 2 is 2.24 bits per heavy atom. The first-order valence-electron chi connectivity index (χ1n) is 6.01. The fraction of sp³-hybridized carbons (Fsp3) is 0.538. The Morgan fingerprint density at radius 1 is 1.41 bits per heavy atom. The van der Waals surface area contributed by atoms with Gasteiger partial charge < -0.3 is 5.32 Å². The van der Waals surface area contributed by atoms with Crippen molar-refractivity contribution in [3.8, 4) is 0 Å². The molecule has 1 aromatic carbocycles. The highest BCUT2D eigenvalue weighted by Crippen LogP contribution is 2.36. The van der Waals surface area contributed by atoms with E-state index in [-0.39, 0.29) is 0 Å². The van der Waals surface area contributed by atoms with Gasteiger partial charge in [0.25, 0.3) is 0 Å². The quantitative estimate of drug-likeness (QED) is 0.868. The van der Waals surface area contributed by atoms with Gasteiger partial charge in [0, 0.05) is 21.8 Å². The summed E-state index contributed by atoms with van der Waals surface area (Å²) in [7, 11) is 0. The van der Waals surface area contributed by atoms with Crippen molar-refractivity contribution >= 4 is 35.0 Å². The van der Waals surface area contributed by atoms with Crippen LogP contribution < -0.4 is 5.32 Å². The molecule has 0 aliphatic carbocycles. The predicted molar refractivity (Wildman–Crippen MR) is 78.3 cm³/mol. The Labute approximate surface area is 117 Å². The maximum atomic E-state index is 6.29. The van der Waals surface area contributed by atoms with Crippen molar-refractivity contribution in [3.05, 3.63) is 33.3 Å². The van der Waals surface area contributed by atoms with E-state index in [9.17, 15) is 0 Å². The topological polar surface area (TPSA) is 12.0 Å². The van der Waals surface area contributed by atoms with Gasteiger partial charge in [-0.1, -0.05) is 30.1 Å². The number of rotatable bonds is 3. The number of nitrogens with one attached hydrogen (secondary N) is 1. The Kier molecular flexibility index (Phi) is 5.04. The van der Waals surface area contributed by atoms with Crippen molar-refractivity contribution in [3.63, 3.8) is 0 Å². The van der Waals surface area contributed by atoms with Gasteiger partial charge in [-0.15, -0.1) is 0 Å². The molecular formula is C13H17Cl2NS. The zero-order chi connectivity index (χ0) is 12.3. The average molecular weight is 290 g/mol. The van der Waals surface area contributed by atoms with Crippen molar-refractivity contribution in [2.45, 2.75) is 31.6 Å². The summed E-state index contributed by atoms with van der Waals surface area (Å²) in [6, 6.07) is 4.32. The van der Waals surface area contributed by atoms with E-state index in [2.05, 4.69) is 18.3 Å². The summed E-state index contributed by atoms with van der Waals surface area (Å²) in [5.74, 6) is 2.17. The van der Waals surface area contributed by atoms with Gasteiger partial charge in [-0.25, -0.2) is 0 Å². The number of hydrogen-bond acceptors (Lipinski definition) is 2. The molecule has 1 nitrogen and oxygen atoms in total. The molecule has 0 aromatic heterocycles. The highest BCUT2D eigenvalue weighted by Gasteiger charge is 2.20. The van der Waals surface area contributed by atoms with Crippen LogP contribution in [0.2, 0.25) is 10.0 Å². The van der Waals surface area contributed by atoms with Crippen LogP contribution in [-0.2, 0) is 5.75 Å². The second-order valence-electron chi connectivity index (χ2n) is 4.30. The van der Waals surface area contributed by atoms with Crippen LogP contribution in [0.4, 0.5) is 0 Å². The fourth-order valence-corrected chi connectivity index (χ4v) is 3.88. The fourth-order valence-electron chi connectivity index (χ4n) is 2.15. The maximum Gasteiger partial charge on any atom is 0.0464 e. The summed E-state index contributed by atoms with van der Waals surface area (Å²) < 4.78 is 0. The van der Waals surface area contributed by atoms with Gasteiger partial charge in [0.15, 0.2) is 0 Å². The highest BCUT2D eigenvalue weighted by atomic mass is 35.5. The molecule has 0 bridgehead atoms. The summed E-state index contributed by atoms with van der Waals surface area (Å²) in [5.41, 5.74) is 2.55. The largest absolute Gasteiger partial charge is 0.310 e. The minimum atomic E-state index is 0.399. The summed E-state index contributed by atoms with van der Waals surface area (Å²) in [6.45, 7) is 3.23. The highest BCUT2D eigenvalue weighted by molar-refractivity contribution is 7.98. The maximum absolute atomic E-state index is 6.29. The van der Waals surface area contributed by atoms with Gasteiger partial charge in [0.1, 0.15) is 0 Å². The molecule has 0 saturated heterocycles. The first-order chi connectivity index (χ1) is 8.22. The first-order valence-corrected chi connectivity index (χ1v) is 7.92. The summed E-state index contributed by atoms with van der Waals surface area (Å²) >= 11 is 14.4. The SMILES string of the molecule is CCCNC1CCSCc2c(Cl)cc(Cl)cc21. The van der Waals surface area contributed by atoms with Crippen LogP contribution in [0, 0.1) is 0 Å². The van der Waals surface area contributed by atoms with E-state index in [0.29, 0.717) is 6.04 Å². The molecule has 94 valence electrons. The average Bonchev–Trinajstić information content (AvgIpc) is 2.49. The zero-order valence-electron chi connectivity index (χ0n) is 9.93. The molecule has 17 heavy (non-hydrogen) atoms. The van der Waals surface area contributed by atoms with E-state index < -0.39 is 0 Å². The molecule has 1 N–H and O–H groups in total. The molecule has 1 aromatic rings. The Hall–Kier alpha value is 0.110. The monoisotopic (exact) mass is 289 g/mol. The molecule has 0 saturated carbocycles. The Balaban J connectivity index is 2.33. The molecule has 0 spiro atoms. The number of hydrogen-bond donors (Lipinski definition) is 1. The lowest BCUT2D eigenvalue weighted by atomic mass is 9.99. The van der Waals surface area contributed by atoms with Crippen LogP contribution in [0.5, 0.6) is 0 Å². The summed E-state index contributed by atoms with van der Waals surface area (Å²) in [4.78, 5) is 0. The van der Waals surface area contributed by atoms with Crippen LogP contribution in [0.15, 0.2) is 12.1 Å². The standard InChI is InChI=1S/C13H17Cl2NS/c1-2-4-16-13-3-5-17-8-11-10(13)6-9(14)7-12(11)15/h6-7,13,16H,2-5,8H2,1H3. The molecular weight excluding hydrogens is 273 g/mol. The van der Waals surface area contributed by atoms with Crippen molar-refractivity contribution in [1.29, 1.82) is 0 Å². The minimum Gasteiger partial charge on any atom is -0.310 e. The molecule has 1 aliphatic heterocycles. The molecule has 0 radical (unpaired) electrons. The third kappa shape index (κ3) is 3.31. The van der Waals surface area contributed by atoms with Gasteiger partial charge >= 0.3 is 0 Å². The zero-order valence-corrected chi connectivity index (χ0v) is 12.3. The summed E-state index contributed by atoms with van der Waals surface area (Å²) in [6.07, 6.45) is 2.29. The Bertz CT molecular complexity index is 395. The molecule has 4 heteroatoms.